The van der Waals surface area contributed by atoms with Crippen molar-refractivity contribution in [3.63, 3.8) is 0 Å². The lowest BCUT2D eigenvalue weighted by atomic mass is 10.2. The summed E-state index contributed by atoms with van der Waals surface area (Å²) in [6.45, 7) is 0.678. The van der Waals surface area contributed by atoms with Crippen molar-refractivity contribution in [3.8, 4) is 0 Å². The second kappa shape index (κ2) is 4.70. The lowest BCUT2D eigenvalue weighted by Crippen LogP contribution is -2.28. The molecule has 84 valence electrons. The maximum Gasteiger partial charge on any atom is 0.256 e. The summed E-state index contributed by atoms with van der Waals surface area (Å²) in [7, 11) is 0. The van der Waals surface area contributed by atoms with Crippen LogP contribution in [0.2, 0.25) is 0 Å². The number of carbonyl (C=O) groups is 1. The number of benzene rings is 1. The molecule has 3 N–H and O–H groups in total. The average molecular weight is 218 g/mol. The predicted molar refractivity (Wildman–Crippen MR) is 60.3 cm³/mol. The molecule has 1 aromatic carbocycles. The third-order valence-corrected chi connectivity index (χ3v) is 2.41. The lowest BCUT2D eigenvalue weighted by molar-refractivity contribution is 0.0962. The predicted octanol–water partition coefficient (Wildman–Crippen LogP) is 1.35. The zero-order chi connectivity index (χ0) is 11.4. The van der Waals surface area contributed by atoms with E-state index in [0.29, 0.717) is 23.8 Å². The van der Waals surface area contributed by atoms with E-state index >= 15 is 0 Å². The molecule has 0 aromatic heterocycles. The summed E-state index contributed by atoms with van der Waals surface area (Å²) in [5.74, 6) is 0.803. The van der Waals surface area contributed by atoms with Gasteiger partial charge in [0, 0.05) is 12.0 Å². The van der Waals surface area contributed by atoms with E-state index in [4.69, 9.17) is 10.5 Å². The summed E-state index contributed by atoms with van der Waals surface area (Å²) in [6, 6.07) is 8.96. The highest BCUT2D eigenvalue weighted by molar-refractivity contribution is 5.95. The Morgan fingerprint density at radius 2 is 2.06 bits per heavy atom. The number of hydrogen-bond acceptors (Lipinski definition) is 3. The number of rotatable bonds is 2. The van der Waals surface area contributed by atoms with E-state index in [9.17, 15) is 4.79 Å². The minimum atomic E-state index is -0.207. The lowest BCUT2D eigenvalue weighted by Gasteiger charge is -2.07. The van der Waals surface area contributed by atoms with Crippen molar-refractivity contribution >= 4 is 5.91 Å². The molecule has 1 amide bonds. The molecule has 0 unspecified atom stereocenters. The largest absolute Gasteiger partial charge is 0.494 e. The number of nitrogens with one attached hydrogen (secondary N) is 1. The van der Waals surface area contributed by atoms with Gasteiger partial charge in [0.25, 0.3) is 5.91 Å². The van der Waals surface area contributed by atoms with Crippen LogP contribution in [0.1, 0.15) is 23.2 Å². The highest BCUT2D eigenvalue weighted by Gasteiger charge is 2.14. The SMILES string of the molecule is NC(NC(=O)c1ccccc1)=C1CCCO1. The van der Waals surface area contributed by atoms with Gasteiger partial charge in [-0.2, -0.15) is 0 Å². The number of allylic oxidation sites excluding steroid dienone is 1. The van der Waals surface area contributed by atoms with E-state index < -0.39 is 0 Å². The van der Waals surface area contributed by atoms with Crippen molar-refractivity contribution < 1.29 is 9.53 Å². The van der Waals surface area contributed by atoms with E-state index in [2.05, 4.69) is 5.32 Å². The quantitative estimate of drug-likeness (QED) is 0.787. The fourth-order valence-electron chi connectivity index (χ4n) is 1.57. The Bertz CT molecular complexity index is 404. The standard InChI is InChI=1S/C12H14N2O2/c13-11(10-7-4-8-16-10)14-12(15)9-5-2-1-3-6-9/h1-3,5-6H,4,7-8,13H2,(H,14,15). The summed E-state index contributed by atoms with van der Waals surface area (Å²) in [4.78, 5) is 11.7. The van der Waals surface area contributed by atoms with Crippen LogP contribution in [0.4, 0.5) is 0 Å². The van der Waals surface area contributed by atoms with Gasteiger partial charge in [-0.15, -0.1) is 0 Å². The zero-order valence-corrected chi connectivity index (χ0v) is 8.90. The number of amides is 1. The highest BCUT2D eigenvalue weighted by atomic mass is 16.5. The van der Waals surface area contributed by atoms with Gasteiger partial charge >= 0.3 is 0 Å². The molecule has 0 aliphatic carbocycles. The van der Waals surface area contributed by atoms with Crippen molar-refractivity contribution in [3.05, 3.63) is 47.5 Å². The van der Waals surface area contributed by atoms with E-state index in [1.807, 2.05) is 18.2 Å². The van der Waals surface area contributed by atoms with Gasteiger partial charge in [0.2, 0.25) is 0 Å². The molecule has 4 nitrogen and oxygen atoms in total. The van der Waals surface area contributed by atoms with Crippen LogP contribution in [-0.2, 0) is 4.74 Å². The molecule has 1 fully saturated rings. The summed E-state index contributed by atoms with van der Waals surface area (Å²) in [5, 5.41) is 2.63. The molecule has 2 rings (SSSR count). The molecule has 16 heavy (non-hydrogen) atoms. The molecule has 1 aliphatic rings. The highest BCUT2D eigenvalue weighted by Crippen LogP contribution is 2.16. The van der Waals surface area contributed by atoms with Crippen molar-refractivity contribution in [2.75, 3.05) is 6.61 Å². The van der Waals surface area contributed by atoms with Crippen LogP contribution in [0.25, 0.3) is 0 Å². The minimum absolute atomic E-state index is 0.207. The first-order valence-electron chi connectivity index (χ1n) is 5.25. The molecule has 1 heterocycles. The van der Waals surface area contributed by atoms with Crippen LogP contribution >= 0.6 is 0 Å². The molecule has 1 saturated heterocycles. The van der Waals surface area contributed by atoms with E-state index in [0.717, 1.165) is 12.8 Å². The Balaban J connectivity index is 2.05. The van der Waals surface area contributed by atoms with Crippen LogP contribution in [0, 0.1) is 0 Å². The normalized spacial score (nSPS) is 17.8. The molecule has 0 radical (unpaired) electrons. The molecule has 1 aliphatic heterocycles. The fraction of sp³-hybridized carbons (Fsp3) is 0.250. The third kappa shape index (κ3) is 2.34. The van der Waals surface area contributed by atoms with Crippen LogP contribution in [-0.4, -0.2) is 12.5 Å². The Morgan fingerprint density at radius 3 is 2.69 bits per heavy atom. The van der Waals surface area contributed by atoms with Crippen LogP contribution in [0.3, 0.4) is 0 Å². The van der Waals surface area contributed by atoms with Gasteiger partial charge in [-0.25, -0.2) is 0 Å². The van der Waals surface area contributed by atoms with Gasteiger partial charge in [0.15, 0.2) is 0 Å². The van der Waals surface area contributed by atoms with E-state index in [1.165, 1.54) is 0 Å². The van der Waals surface area contributed by atoms with Crippen LogP contribution in [0.5, 0.6) is 0 Å². The number of carbonyl (C=O) groups excluding carboxylic acids is 1. The maximum atomic E-state index is 11.7. The monoisotopic (exact) mass is 218 g/mol. The zero-order valence-electron chi connectivity index (χ0n) is 8.90. The third-order valence-electron chi connectivity index (χ3n) is 2.41. The number of ether oxygens (including phenoxy) is 1. The number of hydrogen-bond donors (Lipinski definition) is 2. The smallest absolute Gasteiger partial charge is 0.256 e. The van der Waals surface area contributed by atoms with E-state index in [1.54, 1.807) is 12.1 Å². The molecular formula is C12H14N2O2. The van der Waals surface area contributed by atoms with Gasteiger partial charge in [-0.05, 0) is 18.6 Å². The number of nitrogens with two attached hydrogens (primary N) is 1. The molecule has 0 atom stereocenters. The van der Waals surface area contributed by atoms with Gasteiger partial charge in [0.1, 0.15) is 11.6 Å². The van der Waals surface area contributed by atoms with Gasteiger partial charge in [-0.3, -0.25) is 4.79 Å². The molecule has 0 spiro atoms. The first-order valence-corrected chi connectivity index (χ1v) is 5.25. The summed E-state index contributed by atoms with van der Waals surface area (Å²) < 4.78 is 5.29. The first kappa shape index (κ1) is 10.5. The second-order valence-corrected chi connectivity index (χ2v) is 3.61. The molecule has 4 heteroatoms. The van der Waals surface area contributed by atoms with E-state index in [-0.39, 0.29) is 5.91 Å². The summed E-state index contributed by atoms with van der Waals surface area (Å²) in [5.41, 5.74) is 6.33. The topological polar surface area (TPSA) is 64.3 Å². The van der Waals surface area contributed by atoms with Crippen LogP contribution in [0.15, 0.2) is 41.9 Å². The van der Waals surface area contributed by atoms with Gasteiger partial charge < -0.3 is 15.8 Å². The van der Waals surface area contributed by atoms with Gasteiger partial charge in [0.05, 0.1) is 6.61 Å². The average Bonchev–Trinajstić information content (AvgIpc) is 2.83. The fourth-order valence-corrected chi connectivity index (χ4v) is 1.57. The Kier molecular flexibility index (Phi) is 3.10. The summed E-state index contributed by atoms with van der Waals surface area (Å²) >= 11 is 0. The Morgan fingerprint density at radius 1 is 1.31 bits per heavy atom. The van der Waals surface area contributed by atoms with Crippen molar-refractivity contribution in [1.82, 2.24) is 5.32 Å². The Hall–Kier alpha value is -1.97. The molecule has 0 bridgehead atoms. The van der Waals surface area contributed by atoms with Crippen molar-refractivity contribution in [2.24, 2.45) is 5.73 Å². The molecule has 1 aromatic rings. The first-order chi connectivity index (χ1) is 7.77. The van der Waals surface area contributed by atoms with Crippen LogP contribution < -0.4 is 11.1 Å². The van der Waals surface area contributed by atoms with Gasteiger partial charge in [-0.1, -0.05) is 18.2 Å². The Labute approximate surface area is 94.1 Å². The second-order valence-electron chi connectivity index (χ2n) is 3.61. The van der Waals surface area contributed by atoms with Crippen molar-refractivity contribution in [2.45, 2.75) is 12.8 Å². The van der Waals surface area contributed by atoms with Crippen molar-refractivity contribution in [1.29, 1.82) is 0 Å². The summed E-state index contributed by atoms with van der Waals surface area (Å²) in [6.07, 6.45) is 1.75. The molecular weight excluding hydrogens is 204 g/mol. The maximum absolute atomic E-state index is 11.7. The minimum Gasteiger partial charge on any atom is -0.494 e. The molecule has 0 saturated carbocycles.